The predicted molar refractivity (Wildman–Crippen MR) is 66.0 cm³/mol. The van der Waals surface area contributed by atoms with Gasteiger partial charge in [0.1, 0.15) is 11.9 Å². The summed E-state index contributed by atoms with van der Waals surface area (Å²) in [5.74, 6) is 0.360. The van der Waals surface area contributed by atoms with Gasteiger partial charge in [-0.05, 0) is 12.5 Å². The maximum Gasteiger partial charge on any atom is 0.273 e. The number of ether oxygens (including phenoxy) is 1. The molecule has 1 rings (SSSR count). The number of alkyl halides is 1. The fourth-order valence-corrected chi connectivity index (χ4v) is 1.76. The second-order valence-electron chi connectivity index (χ2n) is 3.67. The quantitative estimate of drug-likeness (QED) is 0.467. The van der Waals surface area contributed by atoms with Crippen molar-refractivity contribution in [2.45, 2.75) is 18.6 Å². The molecule has 0 saturated carbocycles. The fraction of sp³-hybridized carbons (Fsp3) is 0.455. The average Bonchev–Trinajstić information content (AvgIpc) is 2.37. The number of halogens is 1. The Morgan fingerprint density at radius 2 is 2.17 bits per heavy atom. The first kappa shape index (κ1) is 14.7. The number of hydrogen-bond acceptors (Lipinski definition) is 5. The van der Waals surface area contributed by atoms with Crippen molar-refractivity contribution >= 4 is 17.3 Å². The predicted octanol–water partition coefficient (Wildman–Crippen LogP) is 1.63. The molecular formula is C11H14ClNO5. The Balaban J connectivity index is 3.05. The van der Waals surface area contributed by atoms with Crippen molar-refractivity contribution in [1.29, 1.82) is 0 Å². The number of hydrogen-bond donors (Lipinski definition) is 2. The fourth-order valence-electron chi connectivity index (χ4n) is 1.53. The van der Waals surface area contributed by atoms with Crippen LogP contribution in [0.3, 0.4) is 0 Å². The van der Waals surface area contributed by atoms with E-state index in [4.69, 9.17) is 16.3 Å². The molecule has 1 aromatic rings. The van der Waals surface area contributed by atoms with Crippen LogP contribution in [0.2, 0.25) is 0 Å². The summed E-state index contributed by atoms with van der Waals surface area (Å²) < 4.78 is 4.98. The molecule has 0 amide bonds. The summed E-state index contributed by atoms with van der Waals surface area (Å²) in [7, 11) is 1.34. The monoisotopic (exact) mass is 275 g/mol. The molecule has 2 N–H and O–H groups in total. The van der Waals surface area contributed by atoms with E-state index in [9.17, 15) is 20.3 Å². The Bertz CT molecular complexity index is 426. The lowest BCUT2D eigenvalue weighted by atomic mass is 10.0. The van der Waals surface area contributed by atoms with E-state index in [2.05, 4.69) is 0 Å². The van der Waals surface area contributed by atoms with E-state index >= 15 is 0 Å². The SMILES string of the molecule is COc1cc([N+](=O)[O-])ccc1C(O)C(O)CCCl. The number of nitro groups is 1. The Labute approximate surface area is 109 Å². The summed E-state index contributed by atoms with van der Waals surface area (Å²) >= 11 is 5.48. The van der Waals surface area contributed by atoms with Crippen LogP contribution in [0.5, 0.6) is 5.75 Å². The minimum Gasteiger partial charge on any atom is -0.496 e. The van der Waals surface area contributed by atoms with E-state index in [-0.39, 0.29) is 23.7 Å². The Kier molecular flexibility index (Phi) is 5.33. The third-order valence-electron chi connectivity index (χ3n) is 2.52. The zero-order valence-electron chi connectivity index (χ0n) is 9.75. The van der Waals surface area contributed by atoms with E-state index in [1.54, 1.807) is 0 Å². The number of benzene rings is 1. The molecule has 2 atom stereocenters. The second-order valence-corrected chi connectivity index (χ2v) is 4.05. The standard InChI is InChI=1S/C11H14ClNO5/c1-18-10-6-7(13(16)17)2-3-8(10)11(15)9(14)4-5-12/h2-3,6,9,11,14-15H,4-5H2,1H3. The van der Waals surface area contributed by atoms with Crippen LogP contribution in [0, 0.1) is 10.1 Å². The Morgan fingerprint density at radius 1 is 1.50 bits per heavy atom. The third kappa shape index (κ3) is 3.32. The third-order valence-corrected chi connectivity index (χ3v) is 2.73. The van der Waals surface area contributed by atoms with Gasteiger partial charge in [0.2, 0.25) is 0 Å². The lowest BCUT2D eigenvalue weighted by Gasteiger charge is -2.19. The van der Waals surface area contributed by atoms with Crippen LogP contribution in [-0.2, 0) is 0 Å². The lowest BCUT2D eigenvalue weighted by Crippen LogP contribution is -2.19. The minimum atomic E-state index is -1.19. The lowest BCUT2D eigenvalue weighted by molar-refractivity contribution is -0.385. The van der Waals surface area contributed by atoms with Crippen LogP contribution in [0.15, 0.2) is 18.2 Å². The first-order valence-corrected chi connectivity index (χ1v) is 5.79. The van der Waals surface area contributed by atoms with Crippen molar-refractivity contribution in [3.63, 3.8) is 0 Å². The number of aliphatic hydroxyl groups is 2. The molecule has 0 aromatic heterocycles. The van der Waals surface area contributed by atoms with E-state index in [0.717, 1.165) is 0 Å². The van der Waals surface area contributed by atoms with Gasteiger partial charge in [0, 0.05) is 17.5 Å². The van der Waals surface area contributed by atoms with E-state index in [1.165, 1.54) is 25.3 Å². The van der Waals surface area contributed by atoms with Crippen molar-refractivity contribution in [2.24, 2.45) is 0 Å². The van der Waals surface area contributed by atoms with Gasteiger partial charge in [-0.3, -0.25) is 10.1 Å². The van der Waals surface area contributed by atoms with Crippen LogP contribution in [0.25, 0.3) is 0 Å². The van der Waals surface area contributed by atoms with Crippen molar-refractivity contribution in [2.75, 3.05) is 13.0 Å². The number of nitro benzene ring substituents is 1. The molecule has 1 aromatic carbocycles. The molecule has 0 radical (unpaired) electrons. The topological polar surface area (TPSA) is 92.8 Å². The van der Waals surface area contributed by atoms with Crippen molar-refractivity contribution < 1.29 is 19.9 Å². The molecule has 0 aliphatic carbocycles. The Morgan fingerprint density at radius 3 is 2.67 bits per heavy atom. The van der Waals surface area contributed by atoms with Crippen LogP contribution >= 0.6 is 11.6 Å². The molecule has 7 heteroatoms. The first-order valence-electron chi connectivity index (χ1n) is 5.25. The molecule has 100 valence electrons. The Hall–Kier alpha value is -1.37. The van der Waals surface area contributed by atoms with Gasteiger partial charge in [0.25, 0.3) is 5.69 Å². The van der Waals surface area contributed by atoms with Gasteiger partial charge < -0.3 is 14.9 Å². The number of aliphatic hydroxyl groups excluding tert-OH is 2. The highest BCUT2D eigenvalue weighted by molar-refractivity contribution is 6.17. The molecule has 0 aliphatic heterocycles. The molecule has 0 spiro atoms. The highest BCUT2D eigenvalue weighted by Gasteiger charge is 2.23. The summed E-state index contributed by atoms with van der Waals surface area (Å²) in [6.07, 6.45) is -2.03. The second kappa shape index (κ2) is 6.53. The summed E-state index contributed by atoms with van der Waals surface area (Å²) in [5.41, 5.74) is 0.148. The highest BCUT2D eigenvalue weighted by atomic mass is 35.5. The molecule has 0 heterocycles. The largest absolute Gasteiger partial charge is 0.496 e. The molecule has 0 bridgehead atoms. The van der Waals surface area contributed by atoms with Gasteiger partial charge in [0.15, 0.2) is 0 Å². The summed E-state index contributed by atoms with van der Waals surface area (Å²) in [6.45, 7) is 0. The zero-order valence-corrected chi connectivity index (χ0v) is 10.5. The molecule has 0 fully saturated rings. The maximum absolute atomic E-state index is 10.6. The maximum atomic E-state index is 10.6. The van der Waals surface area contributed by atoms with Crippen LogP contribution in [-0.4, -0.2) is 34.2 Å². The van der Waals surface area contributed by atoms with Crippen LogP contribution in [0.4, 0.5) is 5.69 Å². The van der Waals surface area contributed by atoms with Gasteiger partial charge in [-0.2, -0.15) is 0 Å². The summed E-state index contributed by atoms with van der Waals surface area (Å²) in [4.78, 5) is 10.0. The summed E-state index contributed by atoms with van der Waals surface area (Å²) in [6, 6.07) is 3.81. The van der Waals surface area contributed by atoms with Gasteiger partial charge >= 0.3 is 0 Å². The van der Waals surface area contributed by atoms with Crippen LogP contribution < -0.4 is 4.74 Å². The molecule has 6 nitrogen and oxygen atoms in total. The highest BCUT2D eigenvalue weighted by Crippen LogP contribution is 2.31. The number of non-ortho nitro benzene ring substituents is 1. The normalized spacial score (nSPS) is 14.0. The van der Waals surface area contributed by atoms with Gasteiger partial charge in [0.05, 0.1) is 24.2 Å². The van der Waals surface area contributed by atoms with Crippen LogP contribution in [0.1, 0.15) is 18.1 Å². The first-order chi connectivity index (χ1) is 8.51. The van der Waals surface area contributed by atoms with Crippen molar-refractivity contribution in [3.8, 4) is 5.75 Å². The molecule has 18 heavy (non-hydrogen) atoms. The number of nitrogens with zero attached hydrogens (tertiary/aromatic N) is 1. The smallest absolute Gasteiger partial charge is 0.273 e. The van der Waals surface area contributed by atoms with Gasteiger partial charge in [-0.25, -0.2) is 0 Å². The number of methoxy groups -OCH3 is 1. The number of rotatable bonds is 6. The van der Waals surface area contributed by atoms with Crippen molar-refractivity contribution in [1.82, 2.24) is 0 Å². The average molecular weight is 276 g/mol. The zero-order chi connectivity index (χ0) is 13.7. The van der Waals surface area contributed by atoms with Gasteiger partial charge in [-0.15, -0.1) is 11.6 Å². The van der Waals surface area contributed by atoms with E-state index < -0.39 is 17.1 Å². The molecule has 0 saturated heterocycles. The van der Waals surface area contributed by atoms with Crippen molar-refractivity contribution in [3.05, 3.63) is 33.9 Å². The van der Waals surface area contributed by atoms with Gasteiger partial charge in [-0.1, -0.05) is 0 Å². The molecule has 2 unspecified atom stereocenters. The molecular weight excluding hydrogens is 262 g/mol. The van der Waals surface area contributed by atoms with E-state index in [1.807, 2.05) is 0 Å². The molecule has 0 aliphatic rings. The summed E-state index contributed by atoms with van der Waals surface area (Å²) in [5, 5.41) is 30.2. The van der Waals surface area contributed by atoms with E-state index in [0.29, 0.717) is 5.56 Å². The minimum absolute atomic E-state index is 0.144.